The van der Waals surface area contributed by atoms with E-state index in [1.165, 1.54) is 24.3 Å². The Morgan fingerprint density at radius 3 is 2.59 bits per heavy atom. The molecule has 0 bridgehead atoms. The first-order valence-electron chi connectivity index (χ1n) is 8.18. The Labute approximate surface area is 164 Å². The number of carbonyl (C=O) groups excluding carboxylic acids is 1. The molecule has 0 radical (unpaired) electrons. The van der Waals surface area contributed by atoms with Crippen LogP contribution in [0.5, 0.6) is 0 Å². The molecule has 0 aliphatic rings. The number of hydrogen-bond donors (Lipinski definition) is 0. The molecule has 3 rings (SSSR count). The van der Waals surface area contributed by atoms with Crippen molar-refractivity contribution in [3.8, 4) is 11.5 Å². The minimum Gasteiger partial charge on any atom is -0.453 e. The van der Waals surface area contributed by atoms with Gasteiger partial charge in [0.2, 0.25) is 5.89 Å². The summed E-state index contributed by atoms with van der Waals surface area (Å²) in [7, 11) is 0. The summed E-state index contributed by atoms with van der Waals surface area (Å²) in [5.41, 5.74) is 0.591. The van der Waals surface area contributed by atoms with Gasteiger partial charge in [-0.05, 0) is 55.5 Å². The summed E-state index contributed by atoms with van der Waals surface area (Å²) in [4.78, 5) is 13.0. The molecule has 0 amide bonds. The summed E-state index contributed by atoms with van der Waals surface area (Å²) in [6.07, 6.45) is -0.420. The van der Waals surface area contributed by atoms with Crippen LogP contribution < -0.4 is 0 Å². The van der Waals surface area contributed by atoms with E-state index >= 15 is 0 Å². The van der Waals surface area contributed by atoms with Crippen molar-refractivity contribution < 1.29 is 18.3 Å². The lowest BCUT2D eigenvalue weighted by Gasteiger charge is -2.09. The predicted molar refractivity (Wildman–Crippen MR) is 101 cm³/mol. The molecule has 8 heteroatoms. The molecular formula is C19H16ClFN2O3S. The Bertz CT molecular complexity index is 900. The number of rotatable bonds is 7. The Balaban J connectivity index is 1.49. The maximum absolute atomic E-state index is 13.0. The number of nitrogens with zero attached hydrogens (tertiary/aromatic N) is 2. The lowest BCUT2D eigenvalue weighted by molar-refractivity contribution is -0.149. The Morgan fingerprint density at radius 1 is 1.19 bits per heavy atom. The third-order valence-corrected chi connectivity index (χ3v) is 4.84. The second-order valence-corrected chi connectivity index (χ2v) is 7.24. The molecule has 0 aliphatic heterocycles. The Morgan fingerprint density at radius 2 is 1.89 bits per heavy atom. The van der Waals surface area contributed by atoms with Crippen LogP contribution in [0.15, 0.2) is 57.8 Å². The number of ether oxygens (including phenoxy) is 1. The number of thioether (sulfide) groups is 1. The number of carbonyl (C=O) groups is 1. The van der Waals surface area contributed by atoms with Gasteiger partial charge in [-0.3, -0.25) is 4.79 Å². The second-order valence-electron chi connectivity index (χ2n) is 5.64. The first kappa shape index (κ1) is 19.4. The van der Waals surface area contributed by atoms with Gasteiger partial charge in [-0.15, -0.1) is 22.0 Å². The van der Waals surface area contributed by atoms with Crippen LogP contribution in [0.4, 0.5) is 4.39 Å². The van der Waals surface area contributed by atoms with Crippen molar-refractivity contribution in [3.05, 3.63) is 65.3 Å². The molecule has 3 aromatic rings. The fourth-order valence-corrected chi connectivity index (χ4v) is 3.16. The smallest absolute Gasteiger partial charge is 0.307 e. The molecule has 2 aromatic carbocycles. The molecule has 1 atom stereocenters. The number of benzene rings is 2. The van der Waals surface area contributed by atoms with E-state index in [1.807, 2.05) is 12.1 Å². The summed E-state index contributed by atoms with van der Waals surface area (Å²) in [5, 5.41) is 8.48. The van der Waals surface area contributed by atoms with E-state index in [4.69, 9.17) is 20.8 Å². The van der Waals surface area contributed by atoms with Crippen LogP contribution in [0.2, 0.25) is 5.02 Å². The largest absolute Gasteiger partial charge is 0.453 e. The van der Waals surface area contributed by atoms with E-state index in [0.29, 0.717) is 16.3 Å². The van der Waals surface area contributed by atoms with Crippen molar-refractivity contribution in [2.24, 2.45) is 0 Å². The molecule has 0 fully saturated rings. The van der Waals surface area contributed by atoms with Crippen LogP contribution in [0.3, 0.4) is 0 Å². The predicted octanol–water partition coefficient (Wildman–Crippen LogP) is 5.32. The summed E-state index contributed by atoms with van der Waals surface area (Å²) >= 11 is 7.38. The third-order valence-electron chi connectivity index (χ3n) is 3.58. The SMILES string of the molecule is C[C@H](OC(=O)CCSc1ccc(Cl)cc1)c1nnc(-c2ccc(F)cc2)o1. The zero-order chi connectivity index (χ0) is 19.2. The van der Waals surface area contributed by atoms with E-state index in [1.54, 1.807) is 30.8 Å². The summed E-state index contributed by atoms with van der Waals surface area (Å²) in [5.74, 6) is 0.305. The van der Waals surface area contributed by atoms with Gasteiger partial charge in [0, 0.05) is 21.2 Å². The van der Waals surface area contributed by atoms with Crippen molar-refractivity contribution in [2.75, 3.05) is 5.75 Å². The van der Waals surface area contributed by atoms with Crippen molar-refractivity contribution in [1.82, 2.24) is 10.2 Å². The van der Waals surface area contributed by atoms with E-state index in [2.05, 4.69) is 10.2 Å². The van der Waals surface area contributed by atoms with Crippen LogP contribution in [-0.4, -0.2) is 21.9 Å². The number of hydrogen-bond acceptors (Lipinski definition) is 6. The zero-order valence-corrected chi connectivity index (χ0v) is 16.0. The highest BCUT2D eigenvalue weighted by Gasteiger charge is 2.19. The van der Waals surface area contributed by atoms with Crippen LogP contribution in [0, 0.1) is 5.82 Å². The van der Waals surface area contributed by atoms with Crippen molar-refractivity contribution >= 4 is 29.3 Å². The van der Waals surface area contributed by atoms with Crippen LogP contribution in [-0.2, 0) is 9.53 Å². The Hall–Kier alpha value is -2.38. The van der Waals surface area contributed by atoms with Crippen LogP contribution in [0.1, 0.15) is 25.3 Å². The highest BCUT2D eigenvalue weighted by atomic mass is 35.5. The quantitative estimate of drug-likeness (QED) is 0.391. The van der Waals surface area contributed by atoms with Gasteiger partial charge in [0.1, 0.15) is 5.82 Å². The molecule has 140 valence electrons. The summed E-state index contributed by atoms with van der Waals surface area (Å²) < 4.78 is 23.8. The highest BCUT2D eigenvalue weighted by Crippen LogP contribution is 2.24. The van der Waals surface area contributed by atoms with Gasteiger partial charge >= 0.3 is 5.97 Å². The molecule has 0 unspecified atom stereocenters. The molecule has 27 heavy (non-hydrogen) atoms. The van der Waals surface area contributed by atoms with Crippen molar-refractivity contribution in [2.45, 2.75) is 24.3 Å². The molecule has 0 saturated heterocycles. The highest BCUT2D eigenvalue weighted by molar-refractivity contribution is 7.99. The molecule has 0 spiro atoms. The lowest BCUT2D eigenvalue weighted by Crippen LogP contribution is -2.09. The number of aromatic nitrogens is 2. The normalized spacial score (nSPS) is 12.0. The molecular weight excluding hydrogens is 391 g/mol. The van der Waals surface area contributed by atoms with E-state index in [0.717, 1.165) is 4.90 Å². The zero-order valence-electron chi connectivity index (χ0n) is 14.4. The van der Waals surface area contributed by atoms with E-state index in [-0.39, 0.29) is 30.0 Å². The van der Waals surface area contributed by atoms with Gasteiger partial charge in [-0.2, -0.15) is 0 Å². The molecule has 0 saturated carbocycles. The van der Waals surface area contributed by atoms with Gasteiger partial charge in [-0.1, -0.05) is 11.6 Å². The first-order valence-corrected chi connectivity index (χ1v) is 9.55. The van der Waals surface area contributed by atoms with Crippen LogP contribution >= 0.6 is 23.4 Å². The van der Waals surface area contributed by atoms with Gasteiger partial charge < -0.3 is 9.15 Å². The van der Waals surface area contributed by atoms with Gasteiger partial charge in [-0.25, -0.2) is 4.39 Å². The van der Waals surface area contributed by atoms with Gasteiger partial charge in [0.15, 0.2) is 6.10 Å². The summed E-state index contributed by atoms with van der Waals surface area (Å²) in [6.45, 7) is 1.66. The third kappa shape index (κ3) is 5.55. The number of esters is 1. The second kappa shape index (κ2) is 9.01. The minimum atomic E-state index is -0.667. The fourth-order valence-electron chi connectivity index (χ4n) is 2.20. The van der Waals surface area contributed by atoms with Gasteiger partial charge in [0.25, 0.3) is 5.89 Å². The van der Waals surface area contributed by atoms with Crippen molar-refractivity contribution in [1.29, 1.82) is 0 Å². The van der Waals surface area contributed by atoms with E-state index in [9.17, 15) is 9.18 Å². The standard InChI is InChI=1S/C19H16ClFN2O3S/c1-12(18-22-23-19(26-18)13-2-6-15(21)7-3-13)25-17(24)10-11-27-16-8-4-14(20)5-9-16/h2-9,12H,10-11H2,1H3/t12-/m0/s1. The fraction of sp³-hybridized carbons (Fsp3) is 0.211. The topological polar surface area (TPSA) is 65.2 Å². The molecule has 1 aromatic heterocycles. The monoisotopic (exact) mass is 406 g/mol. The minimum absolute atomic E-state index is 0.188. The lowest BCUT2D eigenvalue weighted by atomic mass is 10.2. The first-order chi connectivity index (χ1) is 13.0. The van der Waals surface area contributed by atoms with E-state index < -0.39 is 6.10 Å². The molecule has 5 nitrogen and oxygen atoms in total. The maximum atomic E-state index is 13.0. The van der Waals surface area contributed by atoms with Gasteiger partial charge in [0.05, 0.1) is 6.42 Å². The number of halogens is 2. The van der Waals surface area contributed by atoms with Crippen molar-refractivity contribution in [3.63, 3.8) is 0 Å². The molecule has 0 aliphatic carbocycles. The van der Waals surface area contributed by atoms with Crippen LogP contribution in [0.25, 0.3) is 11.5 Å². The molecule has 0 N–H and O–H groups in total. The maximum Gasteiger partial charge on any atom is 0.307 e. The Kier molecular flexibility index (Phi) is 6.47. The summed E-state index contributed by atoms with van der Waals surface area (Å²) in [6, 6.07) is 13.1. The molecule has 1 heterocycles. The average molecular weight is 407 g/mol. The average Bonchev–Trinajstić information content (AvgIpc) is 3.14.